The Bertz CT molecular complexity index is 721. The van der Waals surface area contributed by atoms with Gasteiger partial charge in [0.1, 0.15) is 11.8 Å². The zero-order valence-electron chi connectivity index (χ0n) is 9.50. The van der Waals surface area contributed by atoms with Gasteiger partial charge in [0.25, 0.3) is 0 Å². The maximum Gasteiger partial charge on any atom is 0.162 e. The van der Waals surface area contributed by atoms with Crippen molar-refractivity contribution in [3.63, 3.8) is 0 Å². The molecule has 0 bridgehead atoms. The van der Waals surface area contributed by atoms with E-state index >= 15 is 0 Å². The summed E-state index contributed by atoms with van der Waals surface area (Å²) in [6.45, 7) is 1.94. The predicted octanol–water partition coefficient (Wildman–Crippen LogP) is 1.84. The van der Waals surface area contributed by atoms with E-state index in [1.807, 2.05) is 6.92 Å². The molecule has 3 rings (SSSR count). The summed E-state index contributed by atoms with van der Waals surface area (Å²) in [4.78, 5) is 12.5. The Morgan fingerprint density at radius 1 is 1.22 bits per heavy atom. The summed E-state index contributed by atoms with van der Waals surface area (Å²) in [7, 11) is 0. The molecule has 18 heavy (non-hydrogen) atoms. The first-order chi connectivity index (χ1) is 8.70. The fourth-order valence-corrected chi connectivity index (χ4v) is 2.40. The molecular formula is C11H9BrN6. The first-order valence-corrected chi connectivity index (χ1v) is 6.04. The lowest BCUT2D eigenvalue weighted by atomic mass is 10.2. The average Bonchev–Trinajstić information content (AvgIpc) is 2.65. The number of hydrogen-bond donors (Lipinski definition) is 1. The van der Waals surface area contributed by atoms with Gasteiger partial charge in [-0.2, -0.15) is 5.10 Å². The van der Waals surface area contributed by atoms with Crippen molar-refractivity contribution in [3.05, 3.63) is 35.0 Å². The summed E-state index contributed by atoms with van der Waals surface area (Å²) in [6, 6.07) is 1.77. The number of hydrogen-bond acceptors (Lipinski definition) is 5. The second kappa shape index (κ2) is 4.02. The Morgan fingerprint density at radius 3 is 2.67 bits per heavy atom. The van der Waals surface area contributed by atoms with Crippen molar-refractivity contribution in [3.8, 4) is 11.4 Å². The van der Waals surface area contributed by atoms with E-state index in [2.05, 4.69) is 36.0 Å². The van der Waals surface area contributed by atoms with Crippen molar-refractivity contribution in [1.29, 1.82) is 0 Å². The molecule has 0 atom stereocenters. The average molecular weight is 305 g/mol. The van der Waals surface area contributed by atoms with Gasteiger partial charge in [0.05, 0.1) is 15.7 Å². The van der Waals surface area contributed by atoms with Crippen LogP contribution in [0, 0.1) is 6.92 Å². The maximum atomic E-state index is 5.93. The highest BCUT2D eigenvalue weighted by atomic mass is 79.9. The molecule has 0 spiro atoms. The van der Waals surface area contributed by atoms with Crippen molar-refractivity contribution < 1.29 is 0 Å². The highest BCUT2D eigenvalue weighted by Crippen LogP contribution is 2.36. The molecule has 3 heterocycles. The first-order valence-electron chi connectivity index (χ1n) is 5.25. The quantitative estimate of drug-likeness (QED) is 0.742. The van der Waals surface area contributed by atoms with Crippen LogP contribution in [0.2, 0.25) is 0 Å². The molecule has 0 aliphatic rings. The molecule has 0 amide bonds. The van der Waals surface area contributed by atoms with E-state index in [0.717, 1.165) is 15.7 Å². The van der Waals surface area contributed by atoms with E-state index < -0.39 is 0 Å². The van der Waals surface area contributed by atoms with Gasteiger partial charge in [0, 0.05) is 12.4 Å². The molecule has 0 aliphatic carbocycles. The summed E-state index contributed by atoms with van der Waals surface area (Å²) in [6.07, 6.45) is 4.80. The Labute approximate surface area is 111 Å². The van der Waals surface area contributed by atoms with Gasteiger partial charge < -0.3 is 5.73 Å². The molecule has 0 unspecified atom stereocenters. The number of nitrogen functional groups attached to an aromatic ring is 1. The molecule has 0 saturated carbocycles. The molecule has 0 fully saturated rings. The molecule has 2 N–H and O–H groups in total. The largest absolute Gasteiger partial charge is 0.382 e. The molecule has 7 heteroatoms. The third-order valence-corrected chi connectivity index (χ3v) is 3.67. The molecule has 6 nitrogen and oxygen atoms in total. The van der Waals surface area contributed by atoms with Crippen molar-refractivity contribution in [2.45, 2.75) is 6.92 Å². The van der Waals surface area contributed by atoms with Gasteiger partial charge in [-0.25, -0.2) is 19.5 Å². The van der Waals surface area contributed by atoms with Crippen LogP contribution < -0.4 is 5.73 Å². The minimum absolute atomic E-state index is 0.404. The number of nitrogens with zero attached hydrogens (tertiary/aromatic N) is 5. The standard InChI is InChI=1S/C11H9BrN6/c1-6-8(12)7(11-14-3-2-4-15-11)9-10(13)16-5-17-18(6)9/h2-5H,1H3,(H2,13,16,17). The Morgan fingerprint density at radius 2 is 1.94 bits per heavy atom. The van der Waals surface area contributed by atoms with Crippen molar-refractivity contribution in [2.24, 2.45) is 0 Å². The number of aryl methyl sites for hydroxylation is 1. The lowest BCUT2D eigenvalue weighted by molar-refractivity contribution is 0.873. The normalized spacial score (nSPS) is 11.0. The summed E-state index contributed by atoms with van der Waals surface area (Å²) >= 11 is 3.54. The molecule has 0 saturated heterocycles. The number of halogens is 1. The summed E-state index contributed by atoms with van der Waals surface area (Å²) in [5, 5.41) is 4.19. The number of aromatic nitrogens is 5. The van der Waals surface area contributed by atoms with E-state index in [1.54, 1.807) is 23.0 Å². The predicted molar refractivity (Wildman–Crippen MR) is 70.9 cm³/mol. The molecule has 3 aromatic heterocycles. The minimum atomic E-state index is 0.404. The lowest BCUT2D eigenvalue weighted by Gasteiger charge is -2.01. The van der Waals surface area contributed by atoms with E-state index in [1.165, 1.54) is 6.33 Å². The summed E-state index contributed by atoms with van der Waals surface area (Å²) in [5.74, 6) is 0.998. The van der Waals surface area contributed by atoms with Crippen LogP contribution in [0.3, 0.4) is 0 Å². The molecule has 3 aromatic rings. The van der Waals surface area contributed by atoms with Crippen LogP contribution >= 0.6 is 15.9 Å². The molecule has 0 aromatic carbocycles. The monoisotopic (exact) mass is 304 g/mol. The lowest BCUT2D eigenvalue weighted by Crippen LogP contribution is -2.00. The first kappa shape index (κ1) is 11.1. The highest BCUT2D eigenvalue weighted by Gasteiger charge is 2.20. The van der Waals surface area contributed by atoms with Crippen LogP contribution in [0.4, 0.5) is 5.82 Å². The van der Waals surface area contributed by atoms with Crippen LogP contribution in [-0.4, -0.2) is 24.6 Å². The van der Waals surface area contributed by atoms with Crippen molar-refractivity contribution in [2.75, 3.05) is 5.73 Å². The van der Waals surface area contributed by atoms with Crippen LogP contribution in [0.25, 0.3) is 16.9 Å². The van der Waals surface area contributed by atoms with Crippen LogP contribution in [-0.2, 0) is 0 Å². The number of nitrogens with two attached hydrogens (primary N) is 1. The Balaban J connectivity index is 2.46. The second-order valence-electron chi connectivity index (χ2n) is 3.75. The van der Waals surface area contributed by atoms with Gasteiger partial charge >= 0.3 is 0 Å². The highest BCUT2D eigenvalue weighted by molar-refractivity contribution is 9.10. The fraction of sp³-hybridized carbons (Fsp3) is 0.0909. The van der Waals surface area contributed by atoms with Crippen LogP contribution in [0.1, 0.15) is 5.69 Å². The second-order valence-corrected chi connectivity index (χ2v) is 4.55. The SMILES string of the molecule is Cc1c(Br)c(-c2ncccn2)c2c(N)ncnn12. The number of rotatable bonds is 1. The molecule has 0 radical (unpaired) electrons. The number of anilines is 1. The molecule has 90 valence electrons. The Hall–Kier alpha value is -2.02. The van der Waals surface area contributed by atoms with E-state index in [4.69, 9.17) is 5.73 Å². The van der Waals surface area contributed by atoms with Gasteiger partial charge in [-0.15, -0.1) is 0 Å². The van der Waals surface area contributed by atoms with E-state index in [-0.39, 0.29) is 0 Å². The number of fused-ring (bicyclic) bond motifs is 1. The summed E-state index contributed by atoms with van der Waals surface area (Å²) < 4.78 is 2.61. The molecular weight excluding hydrogens is 296 g/mol. The molecule has 0 aliphatic heterocycles. The van der Waals surface area contributed by atoms with Gasteiger partial charge in [-0.05, 0) is 28.9 Å². The Kier molecular flexibility index (Phi) is 2.48. The van der Waals surface area contributed by atoms with Gasteiger partial charge in [0.15, 0.2) is 11.6 Å². The van der Waals surface area contributed by atoms with Gasteiger partial charge in [-0.1, -0.05) is 0 Å². The van der Waals surface area contributed by atoms with Crippen LogP contribution in [0.5, 0.6) is 0 Å². The maximum absolute atomic E-state index is 5.93. The van der Waals surface area contributed by atoms with Gasteiger partial charge in [0.2, 0.25) is 0 Å². The zero-order valence-corrected chi connectivity index (χ0v) is 11.1. The van der Waals surface area contributed by atoms with Crippen LogP contribution in [0.15, 0.2) is 29.3 Å². The third-order valence-electron chi connectivity index (χ3n) is 2.70. The van der Waals surface area contributed by atoms with Crippen molar-refractivity contribution in [1.82, 2.24) is 24.6 Å². The smallest absolute Gasteiger partial charge is 0.162 e. The third kappa shape index (κ3) is 1.47. The summed E-state index contributed by atoms with van der Waals surface area (Å²) in [5.41, 5.74) is 8.39. The zero-order chi connectivity index (χ0) is 12.7. The van der Waals surface area contributed by atoms with Gasteiger partial charge in [-0.3, -0.25) is 0 Å². The topological polar surface area (TPSA) is 82.0 Å². The van der Waals surface area contributed by atoms with E-state index in [9.17, 15) is 0 Å². The fourth-order valence-electron chi connectivity index (χ4n) is 1.87. The van der Waals surface area contributed by atoms with E-state index in [0.29, 0.717) is 17.2 Å². The minimum Gasteiger partial charge on any atom is -0.382 e. The van der Waals surface area contributed by atoms with Crippen molar-refractivity contribution >= 4 is 27.3 Å².